The SMILES string of the molecule is O=C(CN1CCc2cc(C#Cc3ccccc3)ccc2C1=O)NC1CC1. The van der Waals surface area contributed by atoms with E-state index in [4.69, 9.17) is 0 Å². The molecule has 4 nitrogen and oxygen atoms in total. The van der Waals surface area contributed by atoms with Gasteiger partial charge in [-0.05, 0) is 55.2 Å². The molecule has 1 aliphatic heterocycles. The Morgan fingerprint density at radius 1 is 1.08 bits per heavy atom. The largest absolute Gasteiger partial charge is 0.352 e. The lowest BCUT2D eigenvalue weighted by atomic mass is 9.96. The highest BCUT2D eigenvalue weighted by molar-refractivity contribution is 5.99. The monoisotopic (exact) mass is 344 g/mol. The van der Waals surface area contributed by atoms with Crippen molar-refractivity contribution in [3.63, 3.8) is 0 Å². The van der Waals surface area contributed by atoms with E-state index in [-0.39, 0.29) is 18.4 Å². The zero-order valence-corrected chi connectivity index (χ0v) is 14.5. The summed E-state index contributed by atoms with van der Waals surface area (Å²) >= 11 is 0. The molecule has 1 fully saturated rings. The minimum absolute atomic E-state index is 0.0605. The molecule has 0 unspecified atom stereocenters. The summed E-state index contributed by atoms with van der Waals surface area (Å²) in [4.78, 5) is 26.3. The summed E-state index contributed by atoms with van der Waals surface area (Å²) in [5.74, 6) is 6.17. The maximum Gasteiger partial charge on any atom is 0.254 e. The molecular weight excluding hydrogens is 324 g/mol. The summed E-state index contributed by atoms with van der Waals surface area (Å²) in [5.41, 5.74) is 3.56. The molecule has 26 heavy (non-hydrogen) atoms. The van der Waals surface area contributed by atoms with Gasteiger partial charge in [0, 0.05) is 29.3 Å². The predicted octanol–water partition coefficient (Wildman–Crippen LogP) is 2.36. The van der Waals surface area contributed by atoms with Crippen LogP contribution in [0.5, 0.6) is 0 Å². The van der Waals surface area contributed by atoms with Crippen molar-refractivity contribution in [1.29, 1.82) is 0 Å². The highest BCUT2D eigenvalue weighted by atomic mass is 16.2. The summed E-state index contributed by atoms with van der Waals surface area (Å²) < 4.78 is 0. The van der Waals surface area contributed by atoms with E-state index in [1.807, 2.05) is 48.5 Å². The third-order valence-corrected chi connectivity index (χ3v) is 4.68. The van der Waals surface area contributed by atoms with Crippen LogP contribution >= 0.6 is 0 Å². The number of nitrogens with zero attached hydrogens (tertiary/aromatic N) is 1. The Morgan fingerprint density at radius 3 is 2.62 bits per heavy atom. The van der Waals surface area contributed by atoms with Crippen molar-refractivity contribution in [2.45, 2.75) is 25.3 Å². The molecular formula is C22H20N2O2. The summed E-state index contributed by atoms with van der Waals surface area (Å²) in [6, 6.07) is 15.8. The Hall–Kier alpha value is -3.06. The maximum atomic E-state index is 12.7. The van der Waals surface area contributed by atoms with Gasteiger partial charge in [-0.25, -0.2) is 0 Å². The topological polar surface area (TPSA) is 49.4 Å². The van der Waals surface area contributed by atoms with E-state index in [1.54, 1.807) is 4.90 Å². The van der Waals surface area contributed by atoms with E-state index >= 15 is 0 Å². The number of hydrogen-bond donors (Lipinski definition) is 1. The minimum Gasteiger partial charge on any atom is -0.352 e. The fraction of sp³-hybridized carbons (Fsp3) is 0.273. The van der Waals surface area contributed by atoms with Crippen molar-refractivity contribution >= 4 is 11.8 Å². The van der Waals surface area contributed by atoms with Gasteiger partial charge in [-0.15, -0.1) is 0 Å². The van der Waals surface area contributed by atoms with Gasteiger partial charge in [-0.3, -0.25) is 9.59 Å². The maximum absolute atomic E-state index is 12.7. The zero-order chi connectivity index (χ0) is 17.9. The lowest BCUT2D eigenvalue weighted by molar-refractivity contribution is -0.122. The Morgan fingerprint density at radius 2 is 1.85 bits per heavy atom. The van der Waals surface area contributed by atoms with Crippen molar-refractivity contribution in [2.75, 3.05) is 13.1 Å². The van der Waals surface area contributed by atoms with E-state index in [2.05, 4.69) is 17.2 Å². The van der Waals surface area contributed by atoms with Crippen LogP contribution in [0.3, 0.4) is 0 Å². The summed E-state index contributed by atoms with van der Waals surface area (Å²) in [6.45, 7) is 0.712. The second kappa shape index (κ2) is 7.05. The van der Waals surface area contributed by atoms with Crippen LogP contribution in [0.2, 0.25) is 0 Å². The highest BCUT2D eigenvalue weighted by Crippen LogP contribution is 2.21. The van der Waals surface area contributed by atoms with Crippen molar-refractivity contribution in [3.05, 3.63) is 70.8 Å². The van der Waals surface area contributed by atoms with Crippen LogP contribution in [0.15, 0.2) is 48.5 Å². The number of fused-ring (bicyclic) bond motifs is 1. The van der Waals surface area contributed by atoms with Gasteiger partial charge >= 0.3 is 0 Å². The molecule has 4 rings (SSSR count). The van der Waals surface area contributed by atoms with Crippen molar-refractivity contribution < 1.29 is 9.59 Å². The van der Waals surface area contributed by atoms with Crippen molar-refractivity contribution in [3.8, 4) is 11.8 Å². The number of benzene rings is 2. The fourth-order valence-electron chi connectivity index (χ4n) is 3.11. The predicted molar refractivity (Wildman–Crippen MR) is 99.6 cm³/mol. The van der Waals surface area contributed by atoms with E-state index in [9.17, 15) is 9.59 Å². The van der Waals surface area contributed by atoms with Crippen LogP contribution in [0, 0.1) is 11.8 Å². The van der Waals surface area contributed by atoms with Crippen LogP contribution in [-0.4, -0.2) is 35.8 Å². The third-order valence-electron chi connectivity index (χ3n) is 4.68. The molecule has 0 radical (unpaired) electrons. The molecule has 0 saturated heterocycles. The fourth-order valence-corrected chi connectivity index (χ4v) is 3.11. The zero-order valence-electron chi connectivity index (χ0n) is 14.5. The Labute approximate surface area is 153 Å². The first-order valence-corrected chi connectivity index (χ1v) is 8.98. The van der Waals surface area contributed by atoms with Crippen molar-refractivity contribution in [2.24, 2.45) is 0 Å². The van der Waals surface area contributed by atoms with E-state index < -0.39 is 0 Å². The second-order valence-electron chi connectivity index (χ2n) is 6.81. The lowest BCUT2D eigenvalue weighted by Crippen LogP contribution is -2.44. The molecule has 2 aliphatic rings. The highest BCUT2D eigenvalue weighted by Gasteiger charge is 2.28. The smallest absolute Gasteiger partial charge is 0.254 e. The average molecular weight is 344 g/mol. The molecule has 0 bridgehead atoms. The molecule has 0 atom stereocenters. The summed E-state index contributed by atoms with van der Waals surface area (Å²) in [5, 5.41) is 2.94. The molecule has 2 aromatic rings. The summed E-state index contributed by atoms with van der Waals surface area (Å²) in [6.07, 6.45) is 2.85. The van der Waals surface area contributed by atoms with E-state index in [0.29, 0.717) is 18.2 Å². The van der Waals surface area contributed by atoms with Gasteiger partial charge in [0.1, 0.15) is 0 Å². The van der Waals surface area contributed by atoms with Crippen LogP contribution in [-0.2, 0) is 11.2 Å². The Bertz CT molecular complexity index is 905. The molecule has 0 spiro atoms. The van der Waals surface area contributed by atoms with Gasteiger partial charge in [-0.1, -0.05) is 30.0 Å². The molecule has 1 saturated carbocycles. The quantitative estimate of drug-likeness (QED) is 0.869. The first-order chi connectivity index (χ1) is 12.7. The number of carbonyl (C=O) groups is 2. The number of carbonyl (C=O) groups excluding carboxylic acids is 2. The van der Waals surface area contributed by atoms with Gasteiger partial charge in [0.15, 0.2) is 0 Å². The van der Waals surface area contributed by atoms with Crippen molar-refractivity contribution in [1.82, 2.24) is 10.2 Å². The number of rotatable bonds is 3. The van der Waals surface area contributed by atoms with Gasteiger partial charge in [-0.2, -0.15) is 0 Å². The molecule has 1 heterocycles. The molecule has 1 N–H and O–H groups in total. The molecule has 0 aromatic heterocycles. The molecule has 4 heteroatoms. The molecule has 1 aliphatic carbocycles. The normalized spacial score (nSPS) is 15.7. The van der Waals surface area contributed by atoms with Crippen LogP contribution < -0.4 is 5.32 Å². The first kappa shape index (κ1) is 16.4. The Balaban J connectivity index is 1.47. The molecule has 130 valence electrons. The number of amides is 2. The molecule has 2 aromatic carbocycles. The van der Waals surface area contributed by atoms with Gasteiger partial charge in [0.05, 0.1) is 6.54 Å². The van der Waals surface area contributed by atoms with Crippen LogP contribution in [0.1, 0.15) is 39.9 Å². The van der Waals surface area contributed by atoms with E-state index in [1.165, 1.54) is 0 Å². The second-order valence-corrected chi connectivity index (χ2v) is 6.81. The standard InChI is InChI=1S/C22H20N2O2/c25-21(23-19-9-10-19)15-24-13-12-18-14-17(8-11-20(18)22(24)26)7-6-16-4-2-1-3-5-16/h1-5,8,11,14,19H,9-10,12-13,15H2,(H,23,25). The number of hydrogen-bond acceptors (Lipinski definition) is 2. The molecule has 2 amide bonds. The minimum atomic E-state index is -0.0697. The van der Waals surface area contributed by atoms with Gasteiger partial charge in [0.2, 0.25) is 5.91 Å². The Kier molecular flexibility index (Phi) is 4.45. The summed E-state index contributed by atoms with van der Waals surface area (Å²) in [7, 11) is 0. The van der Waals surface area contributed by atoms with E-state index in [0.717, 1.165) is 36.0 Å². The van der Waals surface area contributed by atoms with Crippen LogP contribution in [0.4, 0.5) is 0 Å². The third kappa shape index (κ3) is 3.78. The lowest BCUT2D eigenvalue weighted by Gasteiger charge is -2.28. The first-order valence-electron chi connectivity index (χ1n) is 8.98. The van der Waals surface area contributed by atoms with Crippen LogP contribution in [0.25, 0.3) is 0 Å². The van der Waals surface area contributed by atoms with Gasteiger partial charge < -0.3 is 10.2 Å². The van der Waals surface area contributed by atoms with Gasteiger partial charge in [0.25, 0.3) is 5.91 Å². The number of nitrogens with one attached hydrogen (secondary N) is 1. The average Bonchev–Trinajstić information content (AvgIpc) is 3.47.